The van der Waals surface area contributed by atoms with Crippen LogP contribution in [0.3, 0.4) is 0 Å². The number of Topliss-reactive ketones (excluding diaryl/α,β-unsaturated/α-hetero) is 3. The number of ketones is 3. The second-order valence-corrected chi connectivity index (χ2v) is 6.21. The predicted octanol–water partition coefficient (Wildman–Crippen LogP) is 4.64. The molecule has 0 N–H and O–H groups in total. The average Bonchev–Trinajstić information content (AvgIpc) is 2.73. The summed E-state index contributed by atoms with van der Waals surface area (Å²) < 4.78 is 0. The van der Waals surface area contributed by atoms with Gasteiger partial charge >= 0.3 is 0 Å². The molecule has 0 atom stereocenters. The van der Waals surface area contributed by atoms with Gasteiger partial charge in [0.15, 0.2) is 22.8 Å². The average molecular weight is 342 g/mol. The summed E-state index contributed by atoms with van der Waals surface area (Å²) in [6.07, 6.45) is 0. The highest BCUT2D eigenvalue weighted by Gasteiger charge is 2.48. The normalized spacial score (nSPS) is 11.0. The molecule has 3 nitrogen and oxygen atoms in total. The summed E-state index contributed by atoms with van der Waals surface area (Å²) in [6.45, 7) is 1.42. The number of carbonyl (C=O) groups excluding carboxylic acids is 3. The highest BCUT2D eigenvalue weighted by molar-refractivity contribution is 6.35. The summed E-state index contributed by atoms with van der Waals surface area (Å²) in [5.74, 6) is -1.50. The fourth-order valence-corrected chi connectivity index (χ4v) is 2.94. The molecule has 0 fully saturated rings. The van der Waals surface area contributed by atoms with E-state index >= 15 is 0 Å². The summed E-state index contributed by atoms with van der Waals surface area (Å²) in [6, 6.07) is 25.4. The molecule has 0 radical (unpaired) electrons. The van der Waals surface area contributed by atoms with Crippen molar-refractivity contribution in [1.82, 2.24) is 0 Å². The molecule has 128 valence electrons. The van der Waals surface area contributed by atoms with Gasteiger partial charge in [-0.3, -0.25) is 14.4 Å². The van der Waals surface area contributed by atoms with Gasteiger partial charge in [-0.15, -0.1) is 0 Å². The standard InChI is InChI=1S/C23H18O3/c1-23(20(24)17-11-5-2-6-12-17,21(25)18-13-7-3-8-14-18)22(26)19-15-9-4-10-16-19/h2-16H,1H3. The van der Waals surface area contributed by atoms with Crippen LogP contribution in [0.1, 0.15) is 38.0 Å². The minimum Gasteiger partial charge on any atom is -0.293 e. The molecule has 0 heterocycles. The Hall–Kier alpha value is -3.33. The Labute approximate surface area is 152 Å². The lowest BCUT2D eigenvalue weighted by Gasteiger charge is -2.25. The zero-order chi connectivity index (χ0) is 18.6. The largest absolute Gasteiger partial charge is 0.293 e. The molecule has 0 aliphatic heterocycles. The van der Waals surface area contributed by atoms with E-state index in [-0.39, 0.29) is 0 Å². The summed E-state index contributed by atoms with van der Waals surface area (Å²) in [7, 11) is 0. The van der Waals surface area contributed by atoms with Gasteiger partial charge in [-0.1, -0.05) is 91.0 Å². The van der Waals surface area contributed by atoms with E-state index in [0.29, 0.717) is 16.7 Å². The quantitative estimate of drug-likeness (QED) is 0.484. The fourth-order valence-electron chi connectivity index (χ4n) is 2.94. The van der Waals surface area contributed by atoms with Crippen LogP contribution < -0.4 is 0 Å². The van der Waals surface area contributed by atoms with E-state index in [4.69, 9.17) is 0 Å². The molecule has 0 amide bonds. The molecule has 3 heteroatoms. The first-order valence-corrected chi connectivity index (χ1v) is 8.34. The first kappa shape index (κ1) is 17.5. The summed E-state index contributed by atoms with van der Waals surface area (Å²) in [5.41, 5.74) is -0.819. The minimum atomic E-state index is -1.83. The Morgan fingerprint density at radius 2 is 0.731 bits per heavy atom. The Balaban J connectivity index is 2.14. The molecule has 0 bridgehead atoms. The van der Waals surface area contributed by atoms with Crippen LogP contribution in [0.2, 0.25) is 0 Å². The van der Waals surface area contributed by atoms with Gasteiger partial charge in [-0.05, 0) is 6.92 Å². The zero-order valence-electron chi connectivity index (χ0n) is 14.4. The van der Waals surface area contributed by atoms with Crippen LogP contribution in [0.25, 0.3) is 0 Å². The van der Waals surface area contributed by atoms with Crippen LogP contribution in [-0.2, 0) is 0 Å². The molecular formula is C23H18O3. The van der Waals surface area contributed by atoms with Crippen molar-refractivity contribution >= 4 is 17.3 Å². The third-order valence-electron chi connectivity index (χ3n) is 4.47. The van der Waals surface area contributed by atoms with Gasteiger partial charge in [-0.25, -0.2) is 0 Å². The fraction of sp³-hybridized carbons (Fsp3) is 0.0870. The van der Waals surface area contributed by atoms with Crippen molar-refractivity contribution in [2.24, 2.45) is 5.41 Å². The molecule has 0 saturated heterocycles. The van der Waals surface area contributed by atoms with Crippen LogP contribution in [-0.4, -0.2) is 17.3 Å². The number of hydrogen-bond acceptors (Lipinski definition) is 3. The van der Waals surface area contributed by atoms with Gasteiger partial charge in [0.1, 0.15) is 0 Å². The van der Waals surface area contributed by atoms with Gasteiger partial charge in [0.05, 0.1) is 0 Å². The van der Waals surface area contributed by atoms with E-state index in [1.807, 2.05) is 0 Å². The van der Waals surface area contributed by atoms with Crippen molar-refractivity contribution in [3.63, 3.8) is 0 Å². The number of benzene rings is 3. The van der Waals surface area contributed by atoms with Gasteiger partial charge in [0.25, 0.3) is 0 Å². The van der Waals surface area contributed by atoms with Crippen LogP contribution >= 0.6 is 0 Å². The molecule has 3 aromatic carbocycles. The lowest BCUT2D eigenvalue weighted by atomic mass is 9.71. The third kappa shape index (κ3) is 3.11. The summed E-state index contributed by atoms with van der Waals surface area (Å²) >= 11 is 0. The first-order chi connectivity index (χ1) is 12.5. The monoisotopic (exact) mass is 342 g/mol. The Morgan fingerprint density at radius 3 is 0.962 bits per heavy atom. The number of rotatable bonds is 6. The Bertz CT molecular complexity index is 804. The highest BCUT2D eigenvalue weighted by Crippen LogP contribution is 2.32. The van der Waals surface area contributed by atoms with E-state index in [9.17, 15) is 14.4 Å². The zero-order valence-corrected chi connectivity index (χ0v) is 14.4. The van der Waals surface area contributed by atoms with E-state index in [1.54, 1.807) is 91.0 Å². The van der Waals surface area contributed by atoms with E-state index in [1.165, 1.54) is 6.92 Å². The Morgan fingerprint density at radius 1 is 0.500 bits per heavy atom. The topological polar surface area (TPSA) is 51.2 Å². The van der Waals surface area contributed by atoms with Crippen molar-refractivity contribution in [3.05, 3.63) is 108 Å². The second-order valence-electron chi connectivity index (χ2n) is 6.21. The molecule has 3 aromatic rings. The molecule has 0 aromatic heterocycles. The highest BCUT2D eigenvalue weighted by atomic mass is 16.2. The van der Waals surface area contributed by atoms with Crippen molar-refractivity contribution in [2.45, 2.75) is 6.92 Å². The first-order valence-electron chi connectivity index (χ1n) is 8.34. The van der Waals surface area contributed by atoms with Gasteiger partial charge < -0.3 is 0 Å². The van der Waals surface area contributed by atoms with Crippen molar-refractivity contribution in [2.75, 3.05) is 0 Å². The molecular weight excluding hydrogens is 324 g/mol. The predicted molar refractivity (Wildman–Crippen MR) is 100 cm³/mol. The SMILES string of the molecule is CC(C(=O)c1ccccc1)(C(=O)c1ccccc1)C(=O)c1ccccc1. The smallest absolute Gasteiger partial charge is 0.184 e. The number of carbonyl (C=O) groups is 3. The van der Waals surface area contributed by atoms with E-state index in [0.717, 1.165) is 0 Å². The van der Waals surface area contributed by atoms with Crippen molar-refractivity contribution in [3.8, 4) is 0 Å². The lowest BCUT2D eigenvalue weighted by Crippen LogP contribution is -2.44. The van der Waals surface area contributed by atoms with Gasteiger partial charge in [0.2, 0.25) is 0 Å². The maximum atomic E-state index is 13.3. The third-order valence-corrected chi connectivity index (χ3v) is 4.47. The molecule has 0 aliphatic carbocycles. The molecule has 0 saturated carbocycles. The minimum absolute atomic E-state index is 0.337. The molecule has 3 rings (SSSR count). The summed E-state index contributed by atoms with van der Waals surface area (Å²) in [4.78, 5) is 39.8. The molecule has 26 heavy (non-hydrogen) atoms. The molecule has 0 unspecified atom stereocenters. The number of hydrogen-bond donors (Lipinski definition) is 0. The molecule has 0 spiro atoms. The second kappa shape index (κ2) is 7.28. The van der Waals surface area contributed by atoms with Crippen LogP contribution in [0.4, 0.5) is 0 Å². The van der Waals surface area contributed by atoms with E-state index in [2.05, 4.69) is 0 Å². The van der Waals surface area contributed by atoms with Crippen molar-refractivity contribution < 1.29 is 14.4 Å². The summed E-state index contributed by atoms with van der Waals surface area (Å²) in [5, 5.41) is 0. The van der Waals surface area contributed by atoms with Crippen LogP contribution in [0.5, 0.6) is 0 Å². The molecule has 0 aliphatic rings. The van der Waals surface area contributed by atoms with Crippen molar-refractivity contribution in [1.29, 1.82) is 0 Å². The Kier molecular flexibility index (Phi) is 4.90. The van der Waals surface area contributed by atoms with Crippen LogP contribution in [0, 0.1) is 5.41 Å². The van der Waals surface area contributed by atoms with Gasteiger partial charge in [0, 0.05) is 16.7 Å². The maximum absolute atomic E-state index is 13.3. The van der Waals surface area contributed by atoms with E-state index < -0.39 is 22.8 Å². The lowest BCUT2D eigenvalue weighted by molar-refractivity contribution is 0.0613. The van der Waals surface area contributed by atoms with Gasteiger partial charge in [-0.2, -0.15) is 0 Å². The van der Waals surface area contributed by atoms with Crippen LogP contribution in [0.15, 0.2) is 91.0 Å². The maximum Gasteiger partial charge on any atom is 0.184 e.